The Hall–Kier alpha value is -1.86. The van der Waals surface area contributed by atoms with E-state index in [-0.39, 0.29) is 12.0 Å². The first kappa shape index (κ1) is 22.4. The number of carboxylic acid groups (broad SMARTS) is 1. The predicted octanol–water partition coefficient (Wildman–Crippen LogP) is 5.59. The summed E-state index contributed by atoms with van der Waals surface area (Å²) in [6, 6.07) is 9.45. The summed E-state index contributed by atoms with van der Waals surface area (Å²) in [5.41, 5.74) is 1.68. The number of carbonyl (C=O) groups is 1. The topological polar surface area (TPSA) is 68.5 Å². The molecule has 1 aromatic heterocycles. The van der Waals surface area contributed by atoms with E-state index >= 15 is 0 Å². The Morgan fingerprint density at radius 3 is 2.57 bits per heavy atom. The molecule has 1 N–H and O–H groups in total. The van der Waals surface area contributed by atoms with Gasteiger partial charge in [0.25, 0.3) is 5.56 Å². The van der Waals surface area contributed by atoms with E-state index in [1.807, 2.05) is 36.4 Å². The molecule has 0 radical (unpaired) electrons. The second-order valence-electron chi connectivity index (χ2n) is 6.35. The fourth-order valence-electron chi connectivity index (χ4n) is 2.83. The Bertz CT molecular complexity index is 906. The minimum Gasteiger partial charge on any atom is -0.497 e. The molecular weight excluding hydrogens is 490 g/mol. The summed E-state index contributed by atoms with van der Waals surface area (Å²) in [4.78, 5) is 23.2. The minimum atomic E-state index is -0.767. The average molecular weight is 513 g/mol. The van der Waals surface area contributed by atoms with Gasteiger partial charge in [-0.05, 0) is 74.5 Å². The molecule has 2 rings (SSSR count). The molecule has 0 saturated heterocycles. The molecule has 150 valence electrons. The van der Waals surface area contributed by atoms with Crippen molar-refractivity contribution in [1.29, 1.82) is 0 Å². The standard InChI is InChI=1S/C21H23Br2NO4/c1-28-16-8-6-7-15(13-16)10-11-19-17(22)14-18(23)21(27)24(19)12-5-3-2-4-9-20(25)26/h6-8,10-11,13-14H,2-5,9,12H2,1H3,(H,25,26). The van der Waals surface area contributed by atoms with Gasteiger partial charge in [-0.25, -0.2) is 0 Å². The Morgan fingerprint density at radius 2 is 1.86 bits per heavy atom. The summed E-state index contributed by atoms with van der Waals surface area (Å²) in [6.07, 6.45) is 7.23. The first-order valence-corrected chi connectivity index (χ1v) is 10.6. The molecule has 0 fully saturated rings. The van der Waals surface area contributed by atoms with Crippen molar-refractivity contribution in [2.45, 2.75) is 38.6 Å². The van der Waals surface area contributed by atoms with Crippen molar-refractivity contribution in [3.63, 3.8) is 0 Å². The van der Waals surface area contributed by atoms with E-state index in [0.29, 0.717) is 17.4 Å². The number of ether oxygens (including phenoxy) is 1. The number of rotatable bonds is 10. The van der Waals surface area contributed by atoms with Crippen LogP contribution < -0.4 is 10.3 Å². The van der Waals surface area contributed by atoms with Gasteiger partial charge in [0.15, 0.2) is 0 Å². The number of aromatic nitrogens is 1. The molecule has 0 saturated carbocycles. The van der Waals surface area contributed by atoms with Crippen molar-refractivity contribution in [3.05, 3.63) is 60.9 Å². The molecule has 7 heteroatoms. The molecular formula is C21H23Br2NO4. The normalized spacial score (nSPS) is 11.1. The Morgan fingerprint density at radius 1 is 1.11 bits per heavy atom. The highest BCUT2D eigenvalue weighted by Gasteiger charge is 2.10. The van der Waals surface area contributed by atoms with Crippen molar-refractivity contribution in [2.75, 3.05) is 7.11 Å². The molecule has 0 unspecified atom stereocenters. The average Bonchev–Trinajstić information content (AvgIpc) is 2.67. The number of pyridine rings is 1. The SMILES string of the molecule is COc1cccc(C=Cc2c(Br)cc(Br)c(=O)n2CCCCCCC(=O)O)c1. The molecule has 1 heterocycles. The largest absolute Gasteiger partial charge is 0.497 e. The van der Waals surface area contributed by atoms with Crippen LogP contribution in [0.1, 0.15) is 43.4 Å². The number of benzene rings is 1. The zero-order chi connectivity index (χ0) is 20.5. The Balaban J connectivity index is 2.16. The Labute approximate surface area is 181 Å². The molecule has 5 nitrogen and oxygen atoms in total. The lowest BCUT2D eigenvalue weighted by atomic mass is 10.1. The molecule has 2 aromatic rings. The molecule has 0 aliphatic rings. The van der Waals surface area contributed by atoms with Crippen LogP contribution in [0.25, 0.3) is 12.2 Å². The molecule has 0 spiro atoms. The van der Waals surface area contributed by atoms with Crippen LogP contribution in [-0.4, -0.2) is 22.8 Å². The van der Waals surface area contributed by atoms with Crippen LogP contribution in [0.15, 0.2) is 44.1 Å². The van der Waals surface area contributed by atoms with Crippen molar-refractivity contribution in [2.24, 2.45) is 0 Å². The van der Waals surface area contributed by atoms with E-state index in [2.05, 4.69) is 31.9 Å². The zero-order valence-corrected chi connectivity index (χ0v) is 18.8. The lowest BCUT2D eigenvalue weighted by Gasteiger charge is -2.13. The lowest BCUT2D eigenvalue weighted by Crippen LogP contribution is -2.23. The van der Waals surface area contributed by atoms with Crippen molar-refractivity contribution in [3.8, 4) is 5.75 Å². The number of halogens is 2. The Kier molecular flexibility index (Phi) is 8.99. The van der Waals surface area contributed by atoms with E-state index in [0.717, 1.165) is 40.7 Å². The van der Waals surface area contributed by atoms with Gasteiger partial charge in [0.1, 0.15) is 5.75 Å². The van der Waals surface area contributed by atoms with Gasteiger partial charge >= 0.3 is 5.97 Å². The highest BCUT2D eigenvalue weighted by atomic mass is 79.9. The van der Waals surface area contributed by atoms with Gasteiger partial charge < -0.3 is 14.4 Å². The molecule has 0 aliphatic carbocycles. The monoisotopic (exact) mass is 511 g/mol. The van der Waals surface area contributed by atoms with Crippen LogP contribution in [0, 0.1) is 0 Å². The maximum atomic E-state index is 12.6. The number of aliphatic carboxylic acids is 1. The smallest absolute Gasteiger partial charge is 0.303 e. The van der Waals surface area contributed by atoms with Crippen molar-refractivity contribution in [1.82, 2.24) is 4.57 Å². The number of nitrogens with zero attached hydrogens (tertiary/aromatic N) is 1. The molecule has 1 aromatic carbocycles. The zero-order valence-electron chi connectivity index (χ0n) is 15.7. The number of carboxylic acids is 1. The number of unbranched alkanes of at least 4 members (excludes halogenated alkanes) is 3. The minimum absolute atomic E-state index is 0.0842. The first-order chi connectivity index (χ1) is 13.4. The quantitative estimate of drug-likeness (QED) is 0.421. The summed E-state index contributed by atoms with van der Waals surface area (Å²) in [5, 5.41) is 8.70. The molecule has 0 bridgehead atoms. The van der Waals surface area contributed by atoms with E-state index in [1.54, 1.807) is 17.7 Å². The second kappa shape index (κ2) is 11.2. The second-order valence-corrected chi connectivity index (χ2v) is 8.06. The summed E-state index contributed by atoms with van der Waals surface area (Å²) >= 11 is 6.88. The van der Waals surface area contributed by atoms with Crippen LogP contribution in [-0.2, 0) is 11.3 Å². The maximum absolute atomic E-state index is 12.6. The first-order valence-electron chi connectivity index (χ1n) is 9.05. The third-order valence-corrected chi connectivity index (χ3v) is 5.49. The van der Waals surface area contributed by atoms with Crippen LogP contribution >= 0.6 is 31.9 Å². The van der Waals surface area contributed by atoms with Crippen molar-refractivity contribution < 1.29 is 14.6 Å². The predicted molar refractivity (Wildman–Crippen MR) is 119 cm³/mol. The van der Waals surface area contributed by atoms with Gasteiger partial charge in [0.2, 0.25) is 0 Å². The van der Waals surface area contributed by atoms with Gasteiger partial charge in [-0.2, -0.15) is 0 Å². The van der Waals surface area contributed by atoms with Gasteiger partial charge in [-0.3, -0.25) is 9.59 Å². The lowest BCUT2D eigenvalue weighted by molar-refractivity contribution is -0.137. The highest BCUT2D eigenvalue weighted by molar-refractivity contribution is 9.11. The fraction of sp³-hybridized carbons (Fsp3) is 0.333. The molecule has 0 aliphatic heterocycles. The highest BCUT2D eigenvalue weighted by Crippen LogP contribution is 2.23. The van der Waals surface area contributed by atoms with E-state index < -0.39 is 5.97 Å². The van der Waals surface area contributed by atoms with E-state index in [4.69, 9.17) is 9.84 Å². The summed E-state index contributed by atoms with van der Waals surface area (Å²) in [7, 11) is 1.63. The third kappa shape index (κ3) is 6.63. The summed E-state index contributed by atoms with van der Waals surface area (Å²) in [6.45, 7) is 0.571. The third-order valence-electron chi connectivity index (χ3n) is 4.29. The van der Waals surface area contributed by atoms with Crippen LogP contribution in [0.3, 0.4) is 0 Å². The number of methoxy groups -OCH3 is 1. The van der Waals surface area contributed by atoms with Crippen molar-refractivity contribution >= 4 is 50.0 Å². The van der Waals surface area contributed by atoms with Gasteiger partial charge in [0, 0.05) is 17.4 Å². The van der Waals surface area contributed by atoms with E-state index in [1.165, 1.54) is 0 Å². The molecule has 28 heavy (non-hydrogen) atoms. The van der Waals surface area contributed by atoms with Crippen LogP contribution in [0.4, 0.5) is 0 Å². The van der Waals surface area contributed by atoms with Crippen LogP contribution in [0.2, 0.25) is 0 Å². The van der Waals surface area contributed by atoms with Crippen LogP contribution in [0.5, 0.6) is 5.75 Å². The number of hydrogen-bond donors (Lipinski definition) is 1. The number of hydrogen-bond acceptors (Lipinski definition) is 3. The van der Waals surface area contributed by atoms with Gasteiger partial charge in [0.05, 0.1) is 17.3 Å². The summed E-state index contributed by atoms with van der Waals surface area (Å²) < 4.78 is 8.31. The molecule has 0 atom stereocenters. The summed E-state index contributed by atoms with van der Waals surface area (Å²) in [5.74, 6) is 0.00730. The van der Waals surface area contributed by atoms with Gasteiger partial charge in [-0.15, -0.1) is 0 Å². The van der Waals surface area contributed by atoms with E-state index in [9.17, 15) is 9.59 Å². The van der Waals surface area contributed by atoms with Gasteiger partial charge in [-0.1, -0.05) is 31.1 Å². The molecule has 0 amide bonds. The fourth-order valence-corrected chi connectivity index (χ4v) is 4.15. The maximum Gasteiger partial charge on any atom is 0.303 e.